The molecule has 0 atom stereocenters. The molecule has 1 N–H and O–H groups in total. The molecule has 0 aliphatic carbocycles. The number of carbonyl (C=O) groups is 1. The molecule has 0 amide bonds. The molecule has 3 heteroatoms. The van der Waals surface area contributed by atoms with E-state index < -0.39 is 0 Å². The standard InChI is InChI=1S/C16H15NO2/c1-12-5-7-13(8-6-12)16(19)9-10-17-14-3-2-4-15(18)11-14/h2-8,10-11,18H,9H2,1H3. The smallest absolute Gasteiger partial charge is 0.168 e. The molecular formula is C16H15NO2. The van der Waals surface area contributed by atoms with E-state index in [1.807, 2.05) is 31.2 Å². The van der Waals surface area contributed by atoms with Gasteiger partial charge in [0.2, 0.25) is 0 Å². The highest BCUT2D eigenvalue weighted by Gasteiger charge is 2.02. The van der Waals surface area contributed by atoms with Crippen molar-refractivity contribution in [2.24, 2.45) is 4.99 Å². The Bertz CT molecular complexity index is 600. The van der Waals surface area contributed by atoms with Crippen LogP contribution in [-0.4, -0.2) is 17.1 Å². The number of phenols is 1. The van der Waals surface area contributed by atoms with Gasteiger partial charge in [0, 0.05) is 24.3 Å². The number of aliphatic imine (C=N–C) groups is 1. The van der Waals surface area contributed by atoms with Crippen molar-refractivity contribution in [2.75, 3.05) is 0 Å². The van der Waals surface area contributed by atoms with E-state index in [0.717, 1.165) is 5.56 Å². The second-order valence-electron chi connectivity index (χ2n) is 4.32. The lowest BCUT2D eigenvalue weighted by atomic mass is 10.1. The van der Waals surface area contributed by atoms with Gasteiger partial charge in [0.05, 0.1) is 5.69 Å². The predicted molar refractivity (Wildman–Crippen MR) is 76.4 cm³/mol. The number of hydrogen-bond acceptors (Lipinski definition) is 3. The summed E-state index contributed by atoms with van der Waals surface area (Å²) in [6, 6.07) is 14.1. The van der Waals surface area contributed by atoms with Crippen molar-refractivity contribution in [3.63, 3.8) is 0 Å². The average molecular weight is 253 g/mol. The first-order valence-electron chi connectivity index (χ1n) is 6.06. The normalized spacial score (nSPS) is 10.8. The number of benzene rings is 2. The summed E-state index contributed by atoms with van der Waals surface area (Å²) >= 11 is 0. The lowest BCUT2D eigenvalue weighted by molar-refractivity contribution is 0.100. The third kappa shape index (κ3) is 3.78. The summed E-state index contributed by atoms with van der Waals surface area (Å²) in [7, 11) is 0. The van der Waals surface area contributed by atoms with Crippen LogP contribution in [0.15, 0.2) is 53.5 Å². The molecule has 0 bridgehead atoms. The molecule has 0 unspecified atom stereocenters. The van der Waals surface area contributed by atoms with Crippen molar-refractivity contribution in [3.05, 3.63) is 59.7 Å². The number of Topliss-reactive ketones (excluding diaryl/α,β-unsaturated/α-hetero) is 1. The number of aromatic hydroxyl groups is 1. The number of rotatable bonds is 4. The maximum atomic E-state index is 11.9. The summed E-state index contributed by atoms with van der Waals surface area (Å²) in [5.74, 6) is 0.198. The highest BCUT2D eigenvalue weighted by molar-refractivity contribution is 6.03. The number of ketones is 1. The van der Waals surface area contributed by atoms with Crippen molar-refractivity contribution in [1.82, 2.24) is 0 Å². The van der Waals surface area contributed by atoms with E-state index in [4.69, 9.17) is 0 Å². The molecule has 2 aromatic carbocycles. The lowest BCUT2D eigenvalue weighted by Crippen LogP contribution is -1.99. The summed E-state index contributed by atoms with van der Waals surface area (Å²) in [6.07, 6.45) is 1.82. The number of hydrogen-bond donors (Lipinski definition) is 1. The average Bonchev–Trinajstić information content (AvgIpc) is 2.39. The number of phenolic OH excluding ortho intramolecular Hbond substituents is 1. The molecule has 2 rings (SSSR count). The van der Waals surface area contributed by atoms with Crippen LogP contribution < -0.4 is 0 Å². The fraction of sp³-hybridized carbons (Fsp3) is 0.125. The first-order valence-corrected chi connectivity index (χ1v) is 6.06. The van der Waals surface area contributed by atoms with Gasteiger partial charge in [-0.05, 0) is 19.1 Å². The van der Waals surface area contributed by atoms with Gasteiger partial charge in [0.15, 0.2) is 5.78 Å². The minimum absolute atomic E-state index is 0.0314. The molecule has 96 valence electrons. The van der Waals surface area contributed by atoms with Crippen molar-refractivity contribution >= 4 is 17.7 Å². The van der Waals surface area contributed by atoms with E-state index in [1.165, 1.54) is 0 Å². The van der Waals surface area contributed by atoms with Crippen LogP contribution in [0.3, 0.4) is 0 Å². The Kier molecular flexibility index (Phi) is 4.08. The zero-order valence-electron chi connectivity index (χ0n) is 10.7. The molecule has 3 nitrogen and oxygen atoms in total. The van der Waals surface area contributed by atoms with Gasteiger partial charge in [-0.1, -0.05) is 35.9 Å². The first-order chi connectivity index (χ1) is 9.15. The van der Waals surface area contributed by atoms with E-state index in [9.17, 15) is 9.90 Å². The van der Waals surface area contributed by atoms with Crippen LogP contribution in [0.1, 0.15) is 22.3 Å². The Balaban J connectivity index is 1.98. The zero-order chi connectivity index (χ0) is 13.7. The van der Waals surface area contributed by atoms with E-state index in [2.05, 4.69) is 4.99 Å². The quantitative estimate of drug-likeness (QED) is 0.667. The minimum Gasteiger partial charge on any atom is -0.508 e. The summed E-state index contributed by atoms with van der Waals surface area (Å²) in [5, 5.41) is 9.28. The first kappa shape index (κ1) is 13.0. The topological polar surface area (TPSA) is 49.7 Å². The molecule has 2 aromatic rings. The van der Waals surface area contributed by atoms with Crippen molar-refractivity contribution in [2.45, 2.75) is 13.3 Å². The summed E-state index contributed by atoms with van der Waals surface area (Å²) in [6.45, 7) is 1.98. The third-order valence-corrected chi connectivity index (χ3v) is 2.72. The highest BCUT2D eigenvalue weighted by atomic mass is 16.3. The van der Waals surface area contributed by atoms with Crippen LogP contribution >= 0.6 is 0 Å². The highest BCUT2D eigenvalue weighted by Crippen LogP contribution is 2.17. The van der Waals surface area contributed by atoms with Gasteiger partial charge in [0.25, 0.3) is 0 Å². The number of nitrogens with zero attached hydrogens (tertiary/aromatic N) is 1. The van der Waals surface area contributed by atoms with Crippen molar-refractivity contribution in [1.29, 1.82) is 0 Å². The van der Waals surface area contributed by atoms with Gasteiger partial charge in [-0.25, -0.2) is 0 Å². The maximum absolute atomic E-state index is 11.9. The van der Waals surface area contributed by atoms with Crippen LogP contribution in [0.25, 0.3) is 0 Å². The predicted octanol–water partition coefficient (Wildman–Crippen LogP) is 3.68. The summed E-state index contributed by atoms with van der Waals surface area (Å²) in [4.78, 5) is 16.0. The second-order valence-corrected chi connectivity index (χ2v) is 4.32. The number of aryl methyl sites for hydroxylation is 1. The van der Waals surface area contributed by atoms with Crippen molar-refractivity contribution in [3.8, 4) is 5.75 Å². The molecule has 0 saturated carbocycles. The molecule has 0 aliphatic rings. The molecule has 0 saturated heterocycles. The Morgan fingerprint density at radius 3 is 2.63 bits per heavy atom. The Morgan fingerprint density at radius 1 is 1.21 bits per heavy atom. The Hall–Kier alpha value is -2.42. The van der Waals surface area contributed by atoms with Gasteiger partial charge in [-0.3, -0.25) is 9.79 Å². The molecule has 0 aromatic heterocycles. The van der Waals surface area contributed by atoms with E-state index in [0.29, 0.717) is 11.3 Å². The van der Waals surface area contributed by atoms with Gasteiger partial charge < -0.3 is 5.11 Å². The van der Waals surface area contributed by atoms with Crippen LogP contribution in [0, 0.1) is 6.92 Å². The van der Waals surface area contributed by atoms with Gasteiger partial charge in [0.1, 0.15) is 5.75 Å². The lowest BCUT2D eigenvalue weighted by Gasteiger charge is -1.98. The maximum Gasteiger partial charge on any atom is 0.168 e. The number of carbonyl (C=O) groups excluding carboxylic acids is 1. The largest absolute Gasteiger partial charge is 0.508 e. The van der Waals surface area contributed by atoms with E-state index in [-0.39, 0.29) is 18.0 Å². The zero-order valence-corrected chi connectivity index (χ0v) is 10.7. The molecule has 0 heterocycles. The Labute approximate surface area is 112 Å². The van der Waals surface area contributed by atoms with Crippen molar-refractivity contribution < 1.29 is 9.90 Å². The molecule has 0 aliphatic heterocycles. The van der Waals surface area contributed by atoms with Gasteiger partial charge in [-0.2, -0.15) is 0 Å². The van der Waals surface area contributed by atoms with Crippen LogP contribution in [-0.2, 0) is 0 Å². The van der Waals surface area contributed by atoms with Gasteiger partial charge >= 0.3 is 0 Å². The fourth-order valence-electron chi connectivity index (χ4n) is 1.66. The summed E-state index contributed by atoms with van der Waals surface area (Å²) < 4.78 is 0. The SMILES string of the molecule is Cc1ccc(C(=O)CC=Nc2cccc(O)c2)cc1. The second kappa shape index (κ2) is 5.96. The molecule has 0 radical (unpaired) electrons. The minimum atomic E-state index is 0.0314. The molecular weight excluding hydrogens is 238 g/mol. The monoisotopic (exact) mass is 253 g/mol. The molecule has 19 heavy (non-hydrogen) atoms. The van der Waals surface area contributed by atoms with Crippen LogP contribution in [0.4, 0.5) is 5.69 Å². The molecule has 0 spiro atoms. The van der Waals surface area contributed by atoms with Crippen LogP contribution in [0.2, 0.25) is 0 Å². The molecule has 0 fully saturated rings. The fourth-order valence-corrected chi connectivity index (χ4v) is 1.66. The van der Waals surface area contributed by atoms with E-state index in [1.54, 1.807) is 30.5 Å². The van der Waals surface area contributed by atoms with Crippen LogP contribution in [0.5, 0.6) is 5.75 Å². The Morgan fingerprint density at radius 2 is 1.95 bits per heavy atom. The third-order valence-electron chi connectivity index (χ3n) is 2.72. The van der Waals surface area contributed by atoms with E-state index >= 15 is 0 Å². The van der Waals surface area contributed by atoms with Gasteiger partial charge in [-0.15, -0.1) is 0 Å². The summed E-state index contributed by atoms with van der Waals surface area (Å²) in [5.41, 5.74) is 2.45.